The molecule has 1 fully saturated rings. The van der Waals surface area contributed by atoms with E-state index >= 15 is 0 Å². The minimum atomic E-state index is 0.544. The van der Waals surface area contributed by atoms with Gasteiger partial charge in [-0.1, -0.05) is 6.42 Å². The normalized spacial score (nSPS) is 16.1. The summed E-state index contributed by atoms with van der Waals surface area (Å²) in [4.78, 5) is 16.5. The Balaban J connectivity index is 1.23. The highest BCUT2D eigenvalue weighted by atomic mass is 32.1. The summed E-state index contributed by atoms with van der Waals surface area (Å²) in [5, 5.41) is 11.6. The first kappa shape index (κ1) is 24.1. The van der Waals surface area contributed by atoms with Crippen LogP contribution in [0.3, 0.4) is 0 Å². The van der Waals surface area contributed by atoms with Gasteiger partial charge in [0.2, 0.25) is 5.88 Å². The van der Waals surface area contributed by atoms with Crippen molar-refractivity contribution in [2.75, 3.05) is 32.1 Å². The van der Waals surface area contributed by atoms with Crippen LogP contribution in [-0.4, -0.2) is 60.9 Å². The highest BCUT2D eigenvalue weighted by molar-refractivity contribution is 7.14. The number of likely N-dealkylation sites (tertiary alicyclic amines) is 1. The lowest BCUT2D eigenvalue weighted by Crippen LogP contribution is -2.32. The van der Waals surface area contributed by atoms with Crippen LogP contribution in [-0.2, 0) is 19.4 Å². The Morgan fingerprint density at radius 3 is 2.68 bits per heavy atom. The Hall–Kier alpha value is -3.24. The lowest BCUT2D eigenvalue weighted by molar-refractivity contribution is 0.218. The van der Waals surface area contributed by atoms with E-state index in [0.29, 0.717) is 5.88 Å². The topological polar surface area (TPSA) is 85.9 Å². The molecular formula is C27H34N8OS. The maximum atomic E-state index is 5.60. The van der Waals surface area contributed by atoms with Crippen LogP contribution >= 0.6 is 11.3 Å². The Morgan fingerprint density at radius 1 is 1.00 bits per heavy atom. The summed E-state index contributed by atoms with van der Waals surface area (Å²) in [6, 6.07) is 3.98. The van der Waals surface area contributed by atoms with Gasteiger partial charge in [0.25, 0.3) is 0 Å². The molecule has 0 radical (unpaired) electrons. The number of rotatable bonds is 8. The number of fused-ring (bicyclic) bond motifs is 1. The number of pyridine rings is 1. The number of hydrogen-bond donors (Lipinski definition) is 1. The van der Waals surface area contributed by atoms with E-state index in [2.05, 4.69) is 19.9 Å². The fourth-order valence-electron chi connectivity index (χ4n) is 5.35. The third-order valence-electron chi connectivity index (χ3n) is 7.32. The second-order valence-electron chi connectivity index (χ2n) is 9.92. The molecule has 37 heavy (non-hydrogen) atoms. The molecular weight excluding hydrogens is 484 g/mol. The molecule has 5 heterocycles. The molecule has 10 heteroatoms. The Labute approximate surface area is 221 Å². The molecule has 1 aliphatic carbocycles. The molecule has 194 valence electrons. The van der Waals surface area contributed by atoms with E-state index in [1.54, 1.807) is 24.8 Å². The Kier molecular flexibility index (Phi) is 6.93. The Bertz CT molecular complexity index is 1370. The van der Waals surface area contributed by atoms with E-state index in [9.17, 15) is 0 Å². The number of ether oxygens (including phenoxy) is 1. The van der Waals surface area contributed by atoms with Crippen LogP contribution in [0.2, 0.25) is 0 Å². The van der Waals surface area contributed by atoms with Crippen molar-refractivity contribution in [2.24, 2.45) is 0 Å². The van der Waals surface area contributed by atoms with Gasteiger partial charge in [-0.3, -0.25) is 0 Å². The first-order valence-corrected chi connectivity index (χ1v) is 14.2. The summed E-state index contributed by atoms with van der Waals surface area (Å²) in [7, 11) is 1.64. The van der Waals surface area contributed by atoms with Gasteiger partial charge in [-0.15, -0.1) is 11.3 Å². The van der Waals surface area contributed by atoms with Crippen molar-refractivity contribution in [2.45, 2.75) is 58.4 Å². The molecule has 2 aliphatic rings. The minimum Gasteiger partial charge on any atom is -0.479 e. The van der Waals surface area contributed by atoms with Crippen molar-refractivity contribution in [1.29, 1.82) is 0 Å². The maximum absolute atomic E-state index is 5.60. The molecule has 0 amide bonds. The van der Waals surface area contributed by atoms with Crippen molar-refractivity contribution in [1.82, 2.24) is 34.2 Å². The fraction of sp³-hybridized carbons (Fsp3) is 0.481. The predicted molar refractivity (Wildman–Crippen MR) is 146 cm³/mol. The van der Waals surface area contributed by atoms with Gasteiger partial charge < -0.3 is 19.5 Å². The molecule has 9 nitrogen and oxygen atoms in total. The molecule has 4 aromatic rings. The number of nitrogens with one attached hydrogen (secondary N) is 1. The van der Waals surface area contributed by atoms with Crippen LogP contribution in [0.5, 0.6) is 5.88 Å². The zero-order chi connectivity index (χ0) is 25.2. The summed E-state index contributed by atoms with van der Waals surface area (Å²) in [5.74, 6) is 1.66. The minimum absolute atomic E-state index is 0.544. The van der Waals surface area contributed by atoms with Crippen molar-refractivity contribution >= 4 is 22.3 Å². The average Bonchev–Trinajstić information content (AvgIpc) is 3.67. The lowest BCUT2D eigenvalue weighted by Gasteiger charge is -2.26. The van der Waals surface area contributed by atoms with Crippen molar-refractivity contribution in [3.8, 4) is 23.0 Å². The number of methoxy groups -OCH3 is 1. The van der Waals surface area contributed by atoms with E-state index in [4.69, 9.17) is 19.8 Å². The van der Waals surface area contributed by atoms with Crippen molar-refractivity contribution in [3.63, 3.8) is 0 Å². The van der Waals surface area contributed by atoms with Gasteiger partial charge in [0.05, 0.1) is 37.1 Å². The largest absolute Gasteiger partial charge is 0.479 e. The van der Waals surface area contributed by atoms with Gasteiger partial charge in [0, 0.05) is 23.7 Å². The Morgan fingerprint density at radius 2 is 1.86 bits per heavy atom. The summed E-state index contributed by atoms with van der Waals surface area (Å²) in [6.07, 6.45) is 12.3. The summed E-state index contributed by atoms with van der Waals surface area (Å²) < 4.78 is 9.72. The number of piperidine rings is 1. The van der Waals surface area contributed by atoms with Gasteiger partial charge in [-0.2, -0.15) is 5.10 Å². The predicted octanol–water partition coefficient (Wildman–Crippen LogP) is 5.01. The van der Waals surface area contributed by atoms with Crippen LogP contribution in [0.1, 0.15) is 49.1 Å². The van der Waals surface area contributed by atoms with Crippen LogP contribution in [0.4, 0.5) is 10.9 Å². The molecule has 1 aliphatic heterocycles. The third kappa shape index (κ3) is 5.13. The van der Waals surface area contributed by atoms with E-state index in [0.717, 1.165) is 59.6 Å². The second kappa shape index (κ2) is 10.6. The SMILES string of the molecule is COc1nc(-c2csc(Nc3c4c(nn3CCN3CCCCC3)CCCC4)n2)ccc1-n1cnc(C)c1. The van der Waals surface area contributed by atoms with Crippen molar-refractivity contribution < 1.29 is 4.74 Å². The zero-order valence-electron chi connectivity index (χ0n) is 21.6. The van der Waals surface area contributed by atoms with Crippen LogP contribution in [0, 0.1) is 6.92 Å². The second-order valence-corrected chi connectivity index (χ2v) is 10.8. The highest BCUT2D eigenvalue weighted by Crippen LogP contribution is 2.33. The molecule has 1 N–H and O–H groups in total. The smallest absolute Gasteiger partial charge is 0.238 e. The van der Waals surface area contributed by atoms with Gasteiger partial charge in [-0.25, -0.2) is 19.6 Å². The van der Waals surface area contributed by atoms with Crippen LogP contribution < -0.4 is 10.1 Å². The molecule has 6 rings (SSSR count). The van der Waals surface area contributed by atoms with Gasteiger partial charge in [-0.05, 0) is 70.7 Å². The molecule has 0 aromatic carbocycles. The molecule has 0 saturated carbocycles. The highest BCUT2D eigenvalue weighted by Gasteiger charge is 2.22. The molecule has 0 atom stereocenters. The summed E-state index contributed by atoms with van der Waals surface area (Å²) in [5.41, 5.74) is 6.01. The van der Waals surface area contributed by atoms with Gasteiger partial charge in [0.1, 0.15) is 17.2 Å². The molecule has 1 saturated heterocycles. The van der Waals surface area contributed by atoms with Crippen LogP contribution in [0.15, 0.2) is 30.0 Å². The molecule has 4 aromatic heterocycles. The zero-order valence-corrected chi connectivity index (χ0v) is 22.4. The summed E-state index contributed by atoms with van der Waals surface area (Å²) in [6.45, 7) is 6.32. The summed E-state index contributed by atoms with van der Waals surface area (Å²) >= 11 is 1.60. The van der Waals surface area contributed by atoms with Gasteiger partial charge in [0.15, 0.2) is 5.13 Å². The quantitative estimate of drug-likeness (QED) is 0.351. The third-order valence-corrected chi connectivity index (χ3v) is 8.07. The number of imidazole rings is 1. The van der Waals surface area contributed by atoms with Crippen molar-refractivity contribution in [3.05, 3.63) is 47.0 Å². The average molecular weight is 519 g/mol. The van der Waals surface area contributed by atoms with E-state index in [1.165, 1.54) is 56.5 Å². The van der Waals surface area contributed by atoms with Gasteiger partial charge >= 0.3 is 0 Å². The molecule has 0 unspecified atom stereocenters. The number of aryl methyl sites for hydroxylation is 2. The number of nitrogens with zero attached hydrogens (tertiary/aromatic N) is 7. The number of anilines is 2. The fourth-order valence-corrected chi connectivity index (χ4v) is 6.06. The number of aromatic nitrogens is 6. The molecule has 0 spiro atoms. The first-order chi connectivity index (χ1) is 18.2. The number of hydrogen-bond acceptors (Lipinski definition) is 8. The standard InChI is InChI=1S/C27H34N8OS/c1-19-16-34(18-28-19)24-11-10-22(29-26(24)36-2)23-17-37-27(30-23)31-25-20-8-4-5-9-21(20)32-35(25)15-14-33-12-6-3-7-13-33/h10-11,16-18H,3-9,12-15H2,1-2H3,(H,30,31). The molecule has 0 bridgehead atoms. The van der Waals surface area contributed by atoms with E-state index in [-0.39, 0.29) is 0 Å². The number of thiazole rings is 1. The van der Waals surface area contributed by atoms with E-state index < -0.39 is 0 Å². The first-order valence-electron chi connectivity index (χ1n) is 13.3. The maximum Gasteiger partial charge on any atom is 0.238 e. The van der Waals surface area contributed by atoms with E-state index in [1.807, 2.05) is 35.2 Å². The lowest BCUT2D eigenvalue weighted by atomic mass is 9.97. The van der Waals surface area contributed by atoms with Crippen LogP contribution in [0.25, 0.3) is 17.1 Å². The monoisotopic (exact) mass is 518 g/mol.